The molecule has 16 aromatic rings. The molecule has 0 atom stereocenters. The second-order valence-corrected chi connectivity index (χ2v) is 44.1. The summed E-state index contributed by atoms with van der Waals surface area (Å²) in [6.07, 6.45) is 0. The maximum Gasteiger partial charge on any atom is 0.485 e. The minimum atomic E-state index is -6.09. The maximum absolute atomic E-state index is 10.7. The van der Waals surface area contributed by atoms with Crippen LogP contribution in [0.2, 0.25) is 0 Å². The molecular formula is C106H100F6O8P4Pd2S2-2. The number of alkyl halides is 6. The van der Waals surface area contributed by atoms with E-state index in [2.05, 4.69) is 402 Å². The molecule has 4 N–H and O–H groups in total. The molecule has 16 rings (SSSR count). The van der Waals surface area contributed by atoms with Gasteiger partial charge < -0.3 is 20.1 Å². The Hall–Kier alpha value is -9.08. The van der Waals surface area contributed by atoms with Crippen molar-refractivity contribution in [3.05, 3.63) is 380 Å². The van der Waals surface area contributed by atoms with Gasteiger partial charge in [-0.1, -0.05) is 380 Å². The zero-order valence-corrected chi connectivity index (χ0v) is 82.0. The van der Waals surface area contributed by atoms with Gasteiger partial charge in [-0.25, -0.2) is 16.8 Å². The van der Waals surface area contributed by atoms with Gasteiger partial charge in [0.2, 0.25) is 0 Å². The first kappa shape index (κ1) is 103. The molecule has 668 valence electrons. The largest absolute Gasteiger partial charge is 0.741 e. The van der Waals surface area contributed by atoms with Crippen molar-refractivity contribution in [2.45, 2.75) is 122 Å². The predicted octanol–water partition coefficient (Wildman–Crippen LogP) is 21.7. The third-order valence-electron chi connectivity index (χ3n) is 21.4. The van der Waals surface area contributed by atoms with E-state index in [1.54, 1.807) is 0 Å². The van der Waals surface area contributed by atoms with Crippen LogP contribution in [0, 0.1) is 111 Å². The average molecular weight is 2020 g/mol. The molecular weight excluding hydrogens is 1920 g/mol. The van der Waals surface area contributed by atoms with Gasteiger partial charge in [0.25, 0.3) is 0 Å². The van der Waals surface area contributed by atoms with E-state index in [4.69, 9.17) is 25.9 Å². The van der Waals surface area contributed by atoms with Crippen LogP contribution >= 0.6 is 31.7 Å². The van der Waals surface area contributed by atoms with Crippen LogP contribution in [0.1, 0.15) is 89.0 Å². The Morgan fingerprint density at radius 3 is 0.445 bits per heavy atom. The molecule has 0 bridgehead atoms. The van der Waals surface area contributed by atoms with Gasteiger partial charge in [-0.2, -0.15) is 26.3 Å². The summed E-state index contributed by atoms with van der Waals surface area (Å²) in [4.78, 5) is 0. The third-order valence-corrected chi connectivity index (χ3v) is 32.1. The molecule has 22 heteroatoms. The van der Waals surface area contributed by atoms with Crippen molar-refractivity contribution in [2.75, 3.05) is 0 Å². The summed E-state index contributed by atoms with van der Waals surface area (Å²) >= 11 is 0. The second-order valence-electron chi connectivity index (χ2n) is 32.6. The number of aryl methyl sites for hydroxylation is 16. The first-order valence-electron chi connectivity index (χ1n) is 40.5. The van der Waals surface area contributed by atoms with Gasteiger partial charge in [-0.3, -0.25) is 0 Å². The van der Waals surface area contributed by atoms with E-state index in [1.165, 1.54) is 218 Å². The summed E-state index contributed by atoms with van der Waals surface area (Å²) in [5, 5.41) is 27.2. The van der Waals surface area contributed by atoms with Crippen LogP contribution < -0.4 is 63.7 Å². The minimum Gasteiger partial charge on any atom is -0.741 e. The van der Waals surface area contributed by atoms with Crippen LogP contribution in [0.25, 0.3) is 65.3 Å². The van der Waals surface area contributed by atoms with E-state index < -0.39 is 62.9 Å². The van der Waals surface area contributed by atoms with Gasteiger partial charge in [0.05, 0.1) is 0 Å². The molecule has 16 aromatic carbocycles. The molecule has 0 aromatic heterocycles. The fraction of sp³-hybridized carbons (Fsp3) is 0.170. The van der Waals surface area contributed by atoms with Gasteiger partial charge in [0.1, 0.15) is 0 Å². The molecule has 0 aliphatic heterocycles. The Labute approximate surface area is 780 Å². The molecule has 0 heterocycles. The monoisotopic (exact) mass is 2010 g/mol. The molecule has 0 spiro atoms. The standard InChI is InChI=1S/2C52H48P2.2CHF3O3S.2H2O.2Pd/c2*1-33-21-34(2)26-43(25-33)53(44-27-35(3)22-36(4)28-44)49-19-17-41-13-9-11-15-47(41)51(49)52-48-16-12-10-14-42(48)18-20-50(52)54(45-29-37(5)23-38(6)30-45)46-31-39(7)24-40(8)32-46;2*2-1(3,4)8(5,6)7;;;;/h2*9-32H,1-8H3;2*(H,5,6,7);2*1H2;;/p-2. The van der Waals surface area contributed by atoms with Crippen LogP contribution in [0.3, 0.4) is 0 Å². The fourth-order valence-corrected chi connectivity index (χ4v) is 28.6. The number of hydrogen-bond donors (Lipinski definition) is 0. The summed E-state index contributed by atoms with van der Waals surface area (Å²) in [5.74, 6) is 0. The Bertz CT molecular complexity index is 5910. The molecule has 0 aliphatic rings. The van der Waals surface area contributed by atoms with Gasteiger partial charge in [0.15, 0.2) is 20.2 Å². The summed E-state index contributed by atoms with van der Waals surface area (Å²) in [6, 6.07) is 113. The summed E-state index contributed by atoms with van der Waals surface area (Å²) in [6.45, 7) is 35.9. The van der Waals surface area contributed by atoms with Crippen LogP contribution in [-0.2, 0) is 61.1 Å². The van der Waals surface area contributed by atoms with Crippen LogP contribution in [0.15, 0.2) is 291 Å². The molecule has 0 fully saturated rings. The molecule has 0 amide bonds. The van der Waals surface area contributed by atoms with Crippen molar-refractivity contribution in [1.29, 1.82) is 0 Å². The molecule has 0 saturated heterocycles. The molecule has 0 unspecified atom stereocenters. The van der Waals surface area contributed by atoms with Crippen molar-refractivity contribution >= 4 is 159 Å². The number of halogens is 6. The van der Waals surface area contributed by atoms with Crippen molar-refractivity contribution < 1.29 is 104 Å². The number of hydrogen-bond acceptors (Lipinski definition) is 6. The minimum absolute atomic E-state index is 0. The summed E-state index contributed by atoms with van der Waals surface area (Å²) < 4.78 is 118. The van der Waals surface area contributed by atoms with Gasteiger partial charge in [0, 0.05) is 40.8 Å². The van der Waals surface area contributed by atoms with Gasteiger partial charge >= 0.3 is 11.0 Å². The van der Waals surface area contributed by atoms with E-state index >= 15 is 0 Å². The molecule has 0 aliphatic carbocycles. The normalized spacial score (nSPS) is 11.6. The zero-order chi connectivity index (χ0) is 89.3. The SMILES string of the molecule is Cc1cc(C)cc(P(c2cc(C)cc(C)c2)c2ccc3ccccc3c2-c2c(P(c3cc(C)cc(C)c3)c3cc(C)cc(C)c3)ccc3ccccc23)c1.Cc1cc(C)cc(P(c2cc(C)cc(C)c2)c2ccc3ccccc3c2-c2c(P(c3cc(C)cc(C)c3)c3cc(C)cc(C)c3)ccc3ccccc23)c1.O.O.O=S(=O)([O-])C(F)(F)F.O=S(=O)([O-])C(F)(F)F.[Pd].[Pd]. The van der Waals surface area contributed by atoms with E-state index in [9.17, 15) is 26.3 Å². The van der Waals surface area contributed by atoms with E-state index in [0.29, 0.717) is 0 Å². The van der Waals surface area contributed by atoms with Crippen molar-refractivity contribution in [3.63, 3.8) is 0 Å². The van der Waals surface area contributed by atoms with E-state index in [0.717, 1.165) is 0 Å². The van der Waals surface area contributed by atoms with Gasteiger partial charge in [-0.05, 0) is 271 Å². The Morgan fingerprint density at radius 1 is 0.211 bits per heavy atom. The predicted molar refractivity (Wildman–Crippen MR) is 523 cm³/mol. The topological polar surface area (TPSA) is 177 Å². The van der Waals surface area contributed by atoms with Crippen molar-refractivity contribution in [3.8, 4) is 22.3 Å². The van der Waals surface area contributed by atoms with Crippen LogP contribution in [0.5, 0.6) is 0 Å². The zero-order valence-electron chi connectivity index (χ0n) is 73.7. The quantitative estimate of drug-likeness (QED) is 0.0344. The van der Waals surface area contributed by atoms with Crippen LogP contribution in [-0.4, -0.2) is 47.9 Å². The first-order valence-corrected chi connectivity index (χ1v) is 48.7. The maximum atomic E-state index is 10.7. The van der Waals surface area contributed by atoms with Crippen molar-refractivity contribution in [2.24, 2.45) is 0 Å². The molecule has 128 heavy (non-hydrogen) atoms. The Morgan fingerprint density at radius 2 is 0.328 bits per heavy atom. The molecule has 0 radical (unpaired) electrons. The summed E-state index contributed by atoms with van der Waals surface area (Å²) in [7, 11) is -15.9. The number of fused-ring (bicyclic) bond motifs is 4. The van der Waals surface area contributed by atoms with Gasteiger partial charge in [-0.15, -0.1) is 0 Å². The number of rotatable bonds is 14. The Balaban J connectivity index is 0.000000240. The van der Waals surface area contributed by atoms with Crippen molar-refractivity contribution in [1.82, 2.24) is 0 Å². The number of benzene rings is 16. The molecule has 0 saturated carbocycles. The fourth-order valence-electron chi connectivity index (χ4n) is 17.2. The van der Waals surface area contributed by atoms with E-state index in [-0.39, 0.29) is 51.8 Å². The Kier molecular flexibility index (Phi) is 34.0. The average Bonchev–Trinajstić information content (AvgIpc) is 0.732. The smallest absolute Gasteiger partial charge is 0.485 e. The van der Waals surface area contributed by atoms with E-state index in [1.807, 2.05) is 0 Å². The second kappa shape index (κ2) is 42.4. The first-order chi connectivity index (χ1) is 58.5. The van der Waals surface area contributed by atoms with Crippen LogP contribution in [0.4, 0.5) is 26.3 Å². The summed E-state index contributed by atoms with van der Waals surface area (Å²) in [5.41, 5.74) is 15.1. The molecule has 8 nitrogen and oxygen atoms in total. The third kappa shape index (κ3) is 23.8.